The highest BCUT2D eigenvalue weighted by molar-refractivity contribution is 5.79. The van der Waals surface area contributed by atoms with Crippen LogP contribution in [0.15, 0.2) is 35.3 Å². The van der Waals surface area contributed by atoms with Crippen molar-refractivity contribution in [1.82, 2.24) is 25.4 Å². The minimum Gasteiger partial charge on any atom is -0.357 e. The summed E-state index contributed by atoms with van der Waals surface area (Å²) in [6.45, 7) is 6.29. The van der Waals surface area contributed by atoms with Crippen LogP contribution in [0.4, 0.5) is 0 Å². The Morgan fingerprint density at radius 3 is 2.52 bits per heavy atom. The second-order valence-electron chi connectivity index (χ2n) is 6.77. The van der Waals surface area contributed by atoms with Crippen molar-refractivity contribution < 1.29 is 0 Å². The third kappa shape index (κ3) is 3.83. The fraction of sp³-hybridized carbons (Fsp3) is 0.526. The average Bonchev–Trinajstić information content (AvgIpc) is 2.91. The molecule has 1 heterocycles. The van der Waals surface area contributed by atoms with Gasteiger partial charge in [-0.2, -0.15) is 0 Å². The zero-order chi connectivity index (χ0) is 17.7. The van der Waals surface area contributed by atoms with Crippen LogP contribution in [0, 0.1) is 6.92 Å². The van der Waals surface area contributed by atoms with Crippen LogP contribution in [0.2, 0.25) is 0 Å². The third-order valence-electron chi connectivity index (χ3n) is 5.20. The highest BCUT2D eigenvalue weighted by atomic mass is 15.3. The van der Waals surface area contributed by atoms with Crippen LogP contribution in [0.1, 0.15) is 43.4 Å². The Hall–Kier alpha value is -2.37. The molecule has 0 atom stereocenters. The molecule has 3 rings (SSSR count). The van der Waals surface area contributed by atoms with Crippen LogP contribution in [0.25, 0.3) is 0 Å². The van der Waals surface area contributed by atoms with E-state index in [0.717, 1.165) is 30.7 Å². The van der Waals surface area contributed by atoms with E-state index in [1.165, 1.54) is 24.8 Å². The molecule has 0 saturated heterocycles. The summed E-state index contributed by atoms with van der Waals surface area (Å²) in [6, 6.07) is 10.8. The first-order valence-electron chi connectivity index (χ1n) is 9.07. The number of nitrogens with one attached hydrogen (secondary N) is 2. The van der Waals surface area contributed by atoms with Crippen LogP contribution in [0.3, 0.4) is 0 Å². The number of guanidine groups is 1. The molecular weight excluding hydrogens is 312 g/mol. The summed E-state index contributed by atoms with van der Waals surface area (Å²) in [6.07, 6.45) is 3.75. The summed E-state index contributed by atoms with van der Waals surface area (Å²) in [5.41, 5.74) is 1.66. The summed E-state index contributed by atoms with van der Waals surface area (Å²) in [5, 5.41) is 15.1. The van der Waals surface area contributed by atoms with Crippen molar-refractivity contribution in [3.05, 3.63) is 47.5 Å². The van der Waals surface area contributed by atoms with Gasteiger partial charge in [0.2, 0.25) is 0 Å². The standard InChI is InChI=1S/C19H28N6/c1-4-20-18(21-13-17-24-23-15(2)25(17)3)22-14-19(11-8-12-19)16-9-6-5-7-10-16/h5-7,9-10H,4,8,11-14H2,1-3H3,(H2,20,21,22). The van der Waals surface area contributed by atoms with Gasteiger partial charge in [-0.15, -0.1) is 10.2 Å². The molecule has 0 amide bonds. The monoisotopic (exact) mass is 340 g/mol. The maximum atomic E-state index is 4.68. The smallest absolute Gasteiger partial charge is 0.191 e. The summed E-state index contributed by atoms with van der Waals surface area (Å²) in [7, 11) is 1.97. The molecule has 0 spiro atoms. The van der Waals surface area contributed by atoms with E-state index >= 15 is 0 Å². The second kappa shape index (κ2) is 7.68. The molecule has 1 aliphatic carbocycles. The molecule has 25 heavy (non-hydrogen) atoms. The number of benzene rings is 1. The van der Waals surface area contributed by atoms with Gasteiger partial charge in [-0.1, -0.05) is 36.8 Å². The van der Waals surface area contributed by atoms with Crippen molar-refractivity contribution in [3.8, 4) is 0 Å². The molecule has 6 nitrogen and oxygen atoms in total. The van der Waals surface area contributed by atoms with Crippen LogP contribution < -0.4 is 10.6 Å². The van der Waals surface area contributed by atoms with Gasteiger partial charge in [0.1, 0.15) is 12.4 Å². The van der Waals surface area contributed by atoms with Gasteiger partial charge in [-0.25, -0.2) is 4.99 Å². The molecule has 6 heteroatoms. The fourth-order valence-electron chi connectivity index (χ4n) is 3.30. The summed E-state index contributed by atoms with van der Waals surface area (Å²) in [4.78, 5) is 4.68. The Kier molecular flexibility index (Phi) is 5.36. The Morgan fingerprint density at radius 1 is 1.20 bits per heavy atom. The number of aliphatic imine (C=N–C) groups is 1. The van der Waals surface area contributed by atoms with E-state index in [-0.39, 0.29) is 5.41 Å². The minimum atomic E-state index is 0.235. The molecule has 0 unspecified atom stereocenters. The van der Waals surface area contributed by atoms with E-state index in [1.54, 1.807) is 0 Å². The molecular formula is C19H28N6. The molecule has 2 N–H and O–H groups in total. The summed E-state index contributed by atoms with van der Waals surface area (Å²) in [5.74, 6) is 2.61. The normalized spacial score (nSPS) is 16.4. The Balaban J connectivity index is 1.67. The highest BCUT2D eigenvalue weighted by Gasteiger charge is 2.38. The van der Waals surface area contributed by atoms with Crippen molar-refractivity contribution in [3.63, 3.8) is 0 Å². The predicted molar refractivity (Wildman–Crippen MR) is 101 cm³/mol. The molecule has 1 aromatic heterocycles. The van der Waals surface area contributed by atoms with E-state index in [4.69, 9.17) is 0 Å². The summed E-state index contributed by atoms with van der Waals surface area (Å²) >= 11 is 0. The lowest BCUT2D eigenvalue weighted by Gasteiger charge is -2.43. The van der Waals surface area contributed by atoms with Gasteiger partial charge in [0.25, 0.3) is 0 Å². The van der Waals surface area contributed by atoms with Crippen LogP contribution >= 0.6 is 0 Å². The predicted octanol–water partition coefficient (Wildman–Crippen LogP) is 2.30. The van der Waals surface area contributed by atoms with Crippen molar-refractivity contribution in [2.45, 2.75) is 45.1 Å². The van der Waals surface area contributed by atoms with Gasteiger partial charge in [0, 0.05) is 25.6 Å². The first-order chi connectivity index (χ1) is 12.1. The number of aromatic nitrogens is 3. The van der Waals surface area contributed by atoms with Gasteiger partial charge in [-0.05, 0) is 32.3 Å². The van der Waals surface area contributed by atoms with Crippen molar-refractivity contribution in [1.29, 1.82) is 0 Å². The lowest BCUT2D eigenvalue weighted by Crippen LogP contribution is -2.48. The molecule has 134 valence electrons. The van der Waals surface area contributed by atoms with Crippen LogP contribution in [-0.2, 0) is 19.0 Å². The number of nitrogens with zero attached hydrogens (tertiary/aromatic N) is 4. The molecule has 1 fully saturated rings. The lowest BCUT2D eigenvalue weighted by molar-refractivity contribution is 0.244. The number of hydrogen-bond acceptors (Lipinski definition) is 3. The van der Waals surface area contributed by atoms with Crippen molar-refractivity contribution in [2.24, 2.45) is 12.0 Å². The van der Waals surface area contributed by atoms with E-state index in [1.807, 2.05) is 18.5 Å². The van der Waals surface area contributed by atoms with Gasteiger partial charge in [-0.3, -0.25) is 0 Å². The molecule has 2 aromatic rings. The zero-order valence-corrected chi connectivity index (χ0v) is 15.4. The zero-order valence-electron chi connectivity index (χ0n) is 15.4. The van der Waals surface area contributed by atoms with E-state index < -0.39 is 0 Å². The van der Waals surface area contributed by atoms with E-state index in [9.17, 15) is 0 Å². The SMILES string of the molecule is CCNC(=NCc1nnc(C)n1C)NCC1(c2ccccc2)CCC1. The van der Waals surface area contributed by atoms with Crippen LogP contribution in [-0.4, -0.2) is 33.8 Å². The average molecular weight is 340 g/mol. The number of aryl methyl sites for hydroxylation is 1. The summed E-state index contributed by atoms with van der Waals surface area (Å²) < 4.78 is 1.98. The maximum Gasteiger partial charge on any atom is 0.191 e. The Morgan fingerprint density at radius 2 is 1.96 bits per heavy atom. The molecule has 1 saturated carbocycles. The van der Waals surface area contributed by atoms with Crippen molar-refractivity contribution in [2.75, 3.05) is 13.1 Å². The van der Waals surface area contributed by atoms with Crippen molar-refractivity contribution >= 4 is 5.96 Å². The van der Waals surface area contributed by atoms with E-state index in [2.05, 4.69) is 63.1 Å². The van der Waals surface area contributed by atoms with Gasteiger partial charge in [0.05, 0.1) is 0 Å². The topological polar surface area (TPSA) is 67.1 Å². The van der Waals surface area contributed by atoms with Gasteiger partial charge < -0.3 is 15.2 Å². The first-order valence-corrected chi connectivity index (χ1v) is 9.07. The number of hydrogen-bond donors (Lipinski definition) is 2. The Labute approximate surface area is 149 Å². The highest BCUT2D eigenvalue weighted by Crippen LogP contribution is 2.43. The maximum absolute atomic E-state index is 4.68. The fourth-order valence-corrected chi connectivity index (χ4v) is 3.30. The van der Waals surface area contributed by atoms with Gasteiger partial charge >= 0.3 is 0 Å². The molecule has 0 bridgehead atoms. The third-order valence-corrected chi connectivity index (χ3v) is 5.20. The van der Waals surface area contributed by atoms with E-state index in [0.29, 0.717) is 6.54 Å². The molecule has 1 aliphatic rings. The Bertz CT molecular complexity index is 715. The molecule has 1 aromatic carbocycles. The quantitative estimate of drug-likeness (QED) is 0.625. The molecule has 0 radical (unpaired) electrons. The number of rotatable bonds is 6. The van der Waals surface area contributed by atoms with Crippen LogP contribution in [0.5, 0.6) is 0 Å². The first kappa shape index (κ1) is 17.5. The lowest BCUT2D eigenvalue weighted by atomic mass is 9.64. The molecule has 0 aliphatic heterocycles. The van der Waals surface area contributed by atoms with Gasteiger partial charge in [0.15, 0.2) is 11.8 Å². The largest absolute Gasteiger partial charge is 0.357 e. The second-order valence-corrected chi connectivity index (χ2v) is 6.77. The minimum absolute atomic E-state index is 0.235.